The molecule has 0 aliphatic carbocycles. The van der Waals surface area contributed by atoms with E-state index in [2.05, 4.69) is 10.3 Å². The Morgan fingerprint density at radius 1 is 1.18 bits per heavy atom. The average molecular weight is 491 g/mol. The van der Waals surface area contributed by atoms with Crippen LogP contribution in [-0.4, -0.2) is 34.9 Å². The van der Waals surface area contributed by atoms with Crippen LogP contribution < -0.4 is 15.9 Å². The van der Waals surface area contributed by atoms with Crippen LogP contribution in [0.4, 0.5) is 10.5 Å². The molecule has 0 saturated carbocycles. The van der Waals surface area contributed by atoms with Gasteiger partial charge in [-0.2, -0.15) is 0 Å². The van der Waals surface area contributed by atoms with Crippen LogP contribution in [0.2, 0.25) is 10.0 Å². The summed E-state index contributed by atoms with van der Waals surface area (Å²) in [4.78, 5) is 40.4. The number of carboxylic acids is 2. The minimum Gasteiger partial charge on any atom is -0.479 e. The molecule has 1 unspecified atom stereocenters. The third-order valence-corrected chi connectivity index (χ3v) is 5.46. The molecule has 0 bridgehead atoms. The van der Waals surface area contributed by atoms with E-state index < -0.39 is 23.6 Å². The van der Waals surface area contributed by atoms with Crippen LogP contribution in [0, 0.1) is 0 Å². The van der Waals surface area contributed by atoms with Crippen LogP contribution >= 0.6 is 23.2 Å². The van der Waals surface area contributed by atoms with Gasteiger partial charge in [0.15, 0.2) is 0 Å². The van der Waals surface area contributed by atoms with Crippen molar-refractivity contribution in [2.24, 2.45) is 4.99 Å². The molecule has 1 amide bonds. The molecule has 0 spiro atoms. The molecule has 2 aromatic carbocycles. The molecule has 0 radical (unpaired) electrons. The number of unbranched alkanes of at least 4 members (excludes halogenated alkanes) is 1. The standard InChI is InChI=1S/C23H20Cl2N2O6/c1-2-3-9-33-22(32)26-15-6-4-5-13(10-15)23(21(30)31)16(7-8-19(28)29)20-17(25)11-14(24)12-18(20)27-23/h4-8,10-12H,2-3,9H2,1H3,(H,26,32)(H,28,29)(H,30,31). The Hall–Kier alpha value is -3.36. The Balaban J connectivity index is 2.17. The zero-order valence-corrected chi connectivity index (χ0v) is 19.0. The molecule has 0 aromatic heterocycles. The molecule has 0 fully saturated rings. The topological polar surface area (TPSA) is 125 Å². The molecular weight excluding hydrogens is 471 g/mol. The molecule has 3 N–H and O–H groups in total. The maximum Gasteiger partial charge on any atom is 0.411 e. The van der Waals surface area contributed by atoms with Crippen LogP contribution in [-0.2, 0) is 19.9 Å². The van der Waals surface area contributed by atoms with Gasteiger partial charge in [0, 0.05) is 27.6 Å². The van der Waals surface area contributed by atoms with E-state index in [0.717, 1.165) is 18.6 Å². The largest absolute Gasteiger partial charge is 0.479 e. The van der Waals surface area contributed by atoms with Gasteiger partial charge in [0.1, 0.15) is 0 Å². The molecule has 1 aliphatic heterocycles. The van der Waals surface area contributed by atoms with Crippen molar-refractivity contribution < 1.29 is 29.3 Å². The van der Waals surface area contributed by atoms with Crippen LogP contribution in [0.15, 0.2) is 53.5 Å². The lowest BCUT2D eigenvalue weighted by molar-refractivity contribution is -0.141. The molecule has 0 saturated heterocycles. The summed E-state index contributed by atoms with van der Waals surface area (Å²) in [5, 5.41) is 22.9. The first-order valence-corrected chi connectivity index (χ1v) is 10.7. The lowest BCUT2D eigenvalue weighted by Gasteiger charge is -2.25. The van der Waals surface area contributed by atoms with Crippen molar-refractivity contribution in [2.75, 3.05) is 11.9 Å². The SMILES string of the molecule is CCCCOC(=O)Nc1cccc(C2(C(=O)O)N=c3cc(Cl)cc(Cl)c3=C2C=CC(=O)O)c1. The number of rotatable bonds is 8. The maximum absolute atomic E-state index is 12.7. The summed E-state index contributed by atoms with van der Waals surface area (Å²) in [7, 11) is 0. The Labute approximate surface area is 198 Å². The normalized spacial score (nSPS) is 16.9. The van der Waals surface area contributed by atoms with Gasteiger partial charge >= 0.3 is 18.0 Å². The summed E-state index contributed by atoms with van der Waals surface area (Å²) in [5.74, 6) is -2.64. The van der Waals surface area contributed by atoms with Crippen LogP contribution in [0.3, 0.4) is 0 Å². The fourth-order valence-corrected chi connectivity index (χ4v) is 4.07. The lowest BCUT2D eigenvalue weighted by Crippen LogP contribution is -2.35. The molecule has 1 aliphatic rings. The van der Waals surface area contributed by atoms with E-state index in [1.807, 2.05) is 6.92 Å². The molecule has 172 valence electrons. The maximum atomic E-state index is 12.7. The number of fused-ring (bicyclic) bond motifs is 1. The minimum absolute atomic E-state index is 0.0525. The highest BCUT2D eigenvalue weighted by molar-refractivity contribution is 6.34. The first kappa shape index (κ1) is 24.3. The number of ether oxygens (including phenoxy) is 1. The average Bonchev–Trinajstić information content (AvgIpc) is 3.08. The third kappa shape index (κ3) is 5.02. The predicted octanol–water partition coefficient (Wildman–Crippen LogP) is 3.75. The van der Waals surface area contributed by atoms with Crippen molar-refractivity contribution in [3.05, 3.63) is 74.7 Å². The summed E-state index contributed by atoms with van der Waals surface area (Å²) in [5.41, 5.74) is -1.51. The number of anilines is 1. The van der Waals surface area contributed by atoms with Gasteiger partial charge in [0.05, 0.1) is 17.0 Å². The van der Waals surface area contributed by atoms with Gasteiger partial charge in [-0.3, -0.25) is 10.3 Å². The number of carbonyl (C=O) groups excluding carboxylic acids is 1. The summed E-state index contributed by atoms with van der Waals surface area (Å²) < 4.78 is 5.09. The van der Waals surface area contributed by atoms with E-state index >= 15 is 0 Å². The Bertz CT molecular complexity index is 1270. The van der Waals surface area contributed by atoms with Crippen molar-refractivity contribution in [3.63, 3.8) is 0 Å². The second-order valence-electron chi connectivity index (χ2n) is 7.19. The van der Waals surface area contributed by atoms with E-state index in [1.54, 1.807) is 12.1 Å². The number of carboxylic acid groups (broad SMARTS) is 2. The number of amides is 1. The Morgan fingerprint density at radius 2 is 1.94 bits per heavy atom. The zero-order valence-electron chi connectivity index (χ0n) is 17.5. The van der Waals surface area contributed by atoms with Gasteiger partial charge in [-0.25, -0.2) is 14.4 Å². The number of benzene rings is 2. The van der Waals surface area contributed by atoms with E-state index in [0.29, 0.717) is 6.42 Å². The lowest BCUT2D eigenvalue weighted by atomic mass is 9.82. The summed E-state index contributed by atoms with van der Waals surface area (Å²) >= 11 is 12.4. The van der Waals surface area contributed by atoms with E-state index in [9.17, 15) is 19.5 Å². The first-order valence-electron chi connectivity index (χ1n) is 9.97. The van der Waals surface area contributed by atoms with Crippen molar-refractivity contribution in [3.8, 4) is 0 Å². The molecule has 10 heteroatoms. The second-order valence-corrected chi connectivity index (χ2v) is 8.03. The molecule has 1 heterocycles. The van der Waals surface area contributed by atoms with Crippen molar-refractivity contribution in [1.29, 1.82) is 0 Å². The van der Waals surface area contributed by atoms with Gasteiger partial charge in [-0.15, -0.1) is 0 Å². The highest BCUT2D eigenvalue weighted by Gasteiger charge is 2.46. The number of hydrogen-bond donors (Lipinski definition) is 3. The van der Waals surface area contributed by atoms with E-state index in [-0.39, 0.29) is 44.1 Å². The fraction of sp³-hybridized carbons (Fsp3) is 0.217. The van der Waals surface area contributed by atoms with Gasteiger partial charge < -0.3 is 14.9 Å². The molecule has 3 rings (SSSR count). The van der Waals surface area contributed by atoms with Gasteiger partial charge in [-0.1, -0.05) is 48.7 Å². The fourth-order valence-electron chi connectivity index (χ4n) is 3.49. The molecular formula is C23H20Cl2N2O6. The quantitative estimate of drug-likeness (QED) is 0.382. The number of nitrogens with one attached hydrogen (secondary N) is 1. The smallest absolute Gasteiger partial charge is 0.411 e. The van der Waals surface area contributed by atoms with Gasteiger partial charge in [0.2, 0.25) is 5.54 Å². The van der Waals surface area contributed by atoms with Crippen molar-refractivity contribution in [1.82, 2.24) is 0 Å². The highest BCUT2D eigenvalue weighted by atomic mass is 35.5. The summed E-state index contributed by atoms with van der Waals surface area (Å²) in [6.45, 7) is 2.22. The van der Waals surface area contributed by atoms with E-state index in [1.165, 1.54) is 24.3 Å². The Morgan fingerprint density at radius 3 is 2.61 bits per heavy atom. The molecule has 2 aromatic rings. The van der Waals surface area contributed by atoms with Crippen molar-refractivity contribution in [2.45, 2.75) is 25.3 Å². The first-order chi connectivity index (χ1) is 15.7. The van der Waals surface area contributed by atoms with Crippen molar-refractivity contribution >= 4 is 52.5 Å². The van der Waals surface area contributed by atoms with Gasteiger partial charge in [-0.05, 0) is 42.3 Å². The Kier molecular flexibility index (Phi) is 7.40. The molecule has 8 nitrogen and oxygen atoms in total. The monoisotopic (exact) mass is 490 g/mol. The third-order valence-electron chi connectivity index (χ3n) is 4.94. The number of halogens is 2. The second kappa shape index (κ2) is 10.1. The number of carbonyl (C=O) groups is 3. The molecule has 33 heavy (non-hydrogen) atoms. The zero-order chi connectivity index (χ0) is 24.2. The minimum atomic E-state index is -2.02. The summed E-state index contributed by atoms with van der Waals surface area (Å²) in [6, 6.07) is 8.95. The summed E-state index contributed by atoms with van der Waals surface area (Å²) in [6.07, 6.45) is 2.87. The number of aliphatic carboxylic acids is 2. The van der Waals surface area contributed by atoms with Gasteiger partial charge in [0.25, 0.3) is 0 Å². The van der Waals surface area contributed by atoms with Crippen LogP contribution in [0.1, 0.15) is 25.3 Å². The van der Waals surface area contributed by atoms with E-state index in [4.69, 9.17) is 33.0 Å². The molecule has 1 atom stereocenters. The van der Waals surface area contributed by atoms with Crippen LogP contribution in [0.5, 0.6) is 0 Å². The van der Waals surface area contributed by atoms with Crippen LogP contribution in [0.25, 0.3) is 5.57 Å². The highest BCUT2D eigenvalue weighted by Crippen LogP contribution is 2.38. The predicted molar refractivity (Wildman–Crippen MR) is 123 cm³/mol. The number of nitrogens with zero attached hydrogens (tertiary/aromatic N) is 1. The number of hydrogen-bond acceptors (Lipinski definition) is 5.